The molecule has 6 heteroatoms. The van der Waals surface area contributed by atoms with Crippen LogP contribution in [0.5, 0.6) is 0 Å². The summed E-state index contributed by atoms with van der Waals surface area (Å²) < 4.78 is 39.3. The maximum atomic E-state index is 13.7. The largest absolute Gasteiger partial charge is 0.314 e. The minimum atomic E-state index is -3.70. The number of aryl methyl sites for hydroxylation is 1. The highest BCUT2D eigenvalue weighted by Crippen LogP contribution is 2.42. The van der Waals surface area contributed by atoms with Gasteiger partial charge in [0.2, 0.25) is 5.91 Å². The molecule has 2 aromatic carbocycles. The Hall–Kier alpha value is -2.21. The van der Waals surface area contributed by atoms with E-state index >= 15 is 0 Å². The highest BCUT2D eigenvalue weighted by Gasteiger charge is 2.49. The van der Waals surface area contributed by atoms with Crippen LogP contribution in [-0.2, 0) is 20.0 Å². The van der Waals surface area contributed by atoms with E-state index in [0.717, 1.165) is 5.56 Å². The Morgan fingerprint density at radius 1 is 1.12 bits per heavy atom. The number of hydrogen-bond donors (Lipinski definition) is 0. The van der Waals surface area contributed by atoms with E-state index in [1.165, 1.54) is 35.2 Å². The molecule has 1 unspecified atom stereocenters. The van der Waals surface area contributed by atoms with Crippen molar-refractivity contribution in [1.82, 2.24) is 0 Å². The number of nitrogens with zero attached hydrogens (tertiary/aromatic N) is 1. The van der Waals surface area contributed by atoms with Crippen molar-refractivity contribution < 1.29 is 17.6 Å². The van der Waals surface area contributed by atoms with E-state index in [1.807, 2.05) is 6.92 Å². The van der Waals surface area contributed by atoms with Crippen molar-refractivity contribution in [1.29, 1.82) is 0 Å². The molecule has 0 bridgehead atoms. The molecule has 3 rings (SSSR count). The maximum absolute atomic E-state index is 13.7. The van der Waals surface area contributed by atoms with E-state index in [1.54, 1.807) is 26.1 Å². The fourth-order valence-corrected chi connectivity index (χ4v) is 4.94. The van der Waals surface area contributed by atoms with Gasteiger partial charge in [-0.15, -0.1) is 0 Å². The second-order valence-electron chi connectivity index (χ2n) is 6.43. The summed E-state index contributed by atoms with van der Waals surface area (Å²) >= 11 is 0. The van der Waals surface area contributed by atoms with E-state index < -0.39 is 26.8 Å². The normalized spacial score (nSPS) is 20.3. The molecular formula is C18H18FNO3S. The first-order valence-corrected chi connectivity index (χ1v) is 9.18. The number of likely N-dealkylation sites (N-methyl/N-ethyl adjacent to an activating group) is 1. The van der Waals surface area contributed by atoms with Gasteiger partial charge in [-0.3, -0.25) is 4.79 Å². The quantitative estimate of drug-likeness (QED) is 0.858. The first-order valence-electron chi connectivity index (χ1n) is 7.53. The van der Waals surface area contributed by atoms with Gasteiger partial charge in [-0.2, -0.15) is 0 Å². The van der Waals surface area contributed by atoms with Crippen molar-refractivity contribution in [2.75, 3.05) is 17.7 Å². The first-order chi connectivity index (χ1) is 11.1. The van der Waals surface area contributed by atoms with Gasteiger partial charge in [-0.1, -0.05) is 17.7 Å². The van der Waals surface area contributed by atoms with Gasteiger partial charge in [0.05, 0.1) is 16.1 Å². The van der Waals surface area contributed by atoms with Crippen molar-refractivity contribution in [2.45, 2.75) is 24.2 Å². The van der Waals surface area contributed by atoms with Gasteiger partial charge in [0, 0.05) is 12.7 Å². The number of amides is 1. The summed E-state index contributed by atoms with van der Waals surface area (Å²) in [5.74, 6) is -1.24. The fourth-order valence-electron chi connectivity index (χ4n) is 3.19. The Morgan fingerprint density at radius 2 is 1.75 bits per heavy atom. The van der Waals surface area contributed by atoms with Crippen LogP contribution in [0.25, 0.3) is 0 Å². The number of carbonyl (C=O) groups excluding carboxylic acids is 1. The third-order valence-corrected chi connectivity index (χ3v) is 6.50. The molecule has 4 nitrogen and oxygen atoms in total. The lowest BCUT2D eigenvalue weighted by Crippen LogP contribution is -2.41. The smallest absolute Gasteiger partial charge is 0.238 e. The molecule has 126 valence electrons. The van der Waals surface area contributed by atoms with Crippen LogP contribution in [0, 0.1) is 12.7 Å². The number of hydrogen-bond acceptors (Lipinski definition) is 3. The molecule has 0 N–H and O–H groups in total. The first kappa shape index (κ1) is 16.6. The van der Waals surface area contributed by atoms with E-state index in [4.69, 9.17) is 0 Å². The number of anilines is 1. The monoisotopic (exact) mass is 347 g/mol. The molecule has 2 aromatic rings. The highest BCUT2D eigenvalue weighted by atomic mass is 32.2. The Morgan fingerprint density at radius 3 is 2.38 bits per heavy atom. The van der Waals surface area contributed by atoms with Crippen molar-refractivity contribution in [3.63, 3.8) is 0 Å². The SMILES string of the molecule is Cc1ccc(S(=O)(=O)CC2(C)C(=O)N(C)c3ccc(F)cc32)cc1. The van der Waals surface area contributed by atoms with Crippen LogP contribution < -0.4 is 4.90 Å². The molecule has 1 aliphatic rings. The van der Waals surface area contributed by atoms with Crippen LogP contribution in [-0.4, -0.2) is 27.1 Å². The van der Waals surface area contributed by atoms with Crippen molar-refractivity contribution in [2.24, 2.45) is 0 Å². The minimum Gasteiger partial charge on any atom is -0.314 e. The Balaban J connectivity index is 2.07. The Kier molecular flexibility index (Phi) is 3.75. The Bertz CT molecular complexity index is 922. The summed E-state index contributed by atoms with van der Waals surface area (Å²) in [7, 11) is -2.13. The summed E-state index contributed by atoms with van der Waals surface area (Å²) in [5, 5.41) is 0. The molecule has 24 heavy (non-hydrogen) atoms. The molecule has 1 atom stereocenters. The molecule has 0 saturated carbocycles. The van der Waals surface area contributed by atoms with Crippen molar-refractivity contribution >= 4 is 21.4 Å². The highest BCUT2D eigenvalue weighted by molar-refractivity contribution is 7.91. The molecule has 0 spiro atoms. The van der Waals surface area contributed by atoms with Crippen LogP contribution in [0.2, 0.25) is 0 Å². The van der Waals surface area contributed by atoms with Gasteiger partial charge >= 0.3 is 0 Å². The van der Waals surface area contributed by atoms with Crippen LogP contribution in [0.4, 0.5) is 10.1 Å². The molecule has 0 saturated heterocycles. The van der Waals surface area contributed by atoms with Crippen molar-refractivity contribution in [3.8, 4) is 0 Å². The molecule has 0 aliphatic carbocycles. The van der Waals surface area contributed by atoms with E-state index in [2.05, 4.69) is 0 Å². The van der Waals surface area contributed by atoms with Gasteiger partial charge in [-0.05, 0) is 49.7 Å². The molecule has 0 aromatic heterocycles. The average Bonchev–Trinajstić information content (AvgIpc) is 2.69. The summed E-state index contributed by atoms with van der Waals surface area (Å²) in [6, 6.07) is 10.5. The number of carbonyl (C=O) groups is 1. The fraction of sp³-hybridized carbons (Fsp3) is 0.278. The van der Waals surface area contributed by atoms with Gasteiger partial charge < -0.3 is 4.90 Å². The molecular weight excluding hydrogens is 329 g/mol. The van der Waals surface area contributed by atoms with E-state index in [9.17, 15) is 17.6 Å². The second-order valence-corrected chi connectivity index (χ2v) is 8.42. The molecule has 1 amide bonds. The number of benzene rings is 2. The topological polar surface area (TPSA) is 54.5 Å². The lowest BCUT2D eigenvalue weighted by molar-refractivity contribution is -0.121. The molecule has 0 fully saturated rings. The zero-order valence-corrected chi connectivity index (χ0v) is 14.5. The van der Waals surface area contributed by atoms with Crippen LogP contribution in [0.15, 0.2) is 47.4 Å². The number of rotatable bonds is 3. The van der Waals surface area contributed by atoms with E-state index in [0.29, 0.717) is 11.3 Å². The molecule has 1 heterocycles. The maximum Gasteiger partial charge on any atom is 0.238 e. The molecule has 1 aliphatic heterocycles. The van der Waals surface area contributed by atoms with Crippen LogP contribution in [0.3, 0.4) is 0 Å². The van der Waals surface area contributed by atoms with Gasteiger partial charge in [-0.25, -0.2) is 12.8 Å². The zero-order valence-electron chi connectivity index (χ0n) is 13.7. The Labute approximate surface area is 140 Å². The summed E-state index contributed by atoms with van der Waals surface area (Å²) in [6.07, 6.45) is 0. The summed E-state index contributed by atoms with van der Waals surface area (Å²) in [6.45, 7) is 3.43. The van der Waals surface area contributed by atoms with Gasteiger partial charge in [0.1, 0.15) is 5.82 Å². The predicted molar refractivity (Wildman–Crippen MR) is 90.4 cm³/mol. The van der Waals surface area contributed by atoms with Gasteiger partial charge in [0.15, 0.2) is 9.84 Å². The van der Waals surface area contributed by atoms with Crippen molar-refractivity contribution in [3.05, 3.63) is 59.4 Å². The van der Waals surface area contributed by atoms with Crippen LogP contribution in [0.1, 0.15) is 18.1 Å². The number of sulfone groups is 1. The minimum absolute atomic E-state index is 0.162. The third-order valence-electron chi connectivity index (χ3n) is 4.55. The lowest BCUT2D eigenvalue weighted by Gasteiger charge is -2.23. The van der Waals surface area contributed by atoms with Gasteiger partial charge in [0.25, 0.3) is 0 Å². The lowest BCUT2D eigenvalue weighted by atomic mass is 9.86. The summed E-state index contributed by atoms with van der Waals surface area (Å²) in [5.41, 5.74) is 0.591. The number of fused-ring (bicyclic) bond motifs is 1. The predicted octanol–water partition coefficient (Wildman–Crippen LogP) is 2.84. The summed E-state index contributed by atoms with van der Waals surface area (Å²) in [4.78, 5) is 14.2. The molecule has 0 radical (unpaired) electrons. The third kappa shape index (κ3) is 2.51. The zero-order chi connectivity index (χ0) is 17.7. The average molecular weight is 347 g/mol. The number of halogens is 1. The second kappa shape index (κ2) is 5.41. The van der Waals surface area contributed by atoms with Crippen LogP contribution >= 0.6 is 0 Å². The van der Waals surface area contributed by atoms with E-state index in [-0.39, 0.29) is 10.8 Å². The standard InChI is InChI=1S/C18H18FNO3S/c1-12-4-7-14(8-5-12)24(22,23)11-18(2)15-10-13(19)6-9-16(15)20(3)17(18)21/h4-10H,11H2,1-3H3.